The number of unbranched alkanes of at least 4 members (excludes halogenated alkanes) is 2. The minimum absolute atomic E-state index is 0.176. The van der Waals surface area contributed by atoms with Gasteiger partial charge in [0, 0.05) is 6.61 Å². The summed E-state index contributed by atoms with van der Waals surface area (Å²) in [5.74, 6) is -0.610. The Morgan fingerprint density at radius 2 is 2.00 bits per heavy atom. The maximum atomic E-state index is 11.8. The summed E-state index contributed by atoms with van der Waals surface area (Å²) < 4.78 is 4.83. The fourth-order valence-electron chi connectivity index (χ4n) is 1.93. The standard InChI is InChI=1S/C14H18Cl2O3/c1-19-14(18)11(5-3-2-4-8-17)10-6-7-12(15)13(16)9-10/h6-7,9,11,17H,2-5,8H2,1H3. The molecule has 0 radical (unpaired) electrons. The summed E-state index contributed by atoms with van der Waals surface area (Å²) >= 11 is 11.8. The largest absolute Gasteiger partial charge is 0.469 e. The van der Waals surface area contributed by atoms with Crippen LogP contribution in [0.3, 0.4) is 0 Å². The van der Waals surface area contributed by atoms with E-state index in [-0.39, 0.29) is 18.5 Å². The topological polar surface area (TPSA) is 46.5 Å². The van der Waals surface area contributed by atoms with E-state index in [1.54, 1.807) is 18.2 Å². The predicted octanol–water partition coefficient (Wildman–Crippen LogP) is 3.80. The van der Waals surface area contributed by atoms with Gasteiger partial charge in [-0.25, -0.2) is 0 Å². The summed E-state index contributed by atoms with van der Waals surface area (Å²) in [7, 11) is 1.38. The van der Waals surface area contributed by atoms with Crippen molar-refractivity contribution in [1.82, 2.24) is 0 Å². The Bertz CT molecular complexity index is 421. The van der Waals surface area contributed by atoms with Crippen molar-refractivity contribution >= 4 is 29.2 Å². The van der Waals surface area contributed by atoms with Gasteiger partial charge in [-0.15, -0.1) is 0 Å². The molecule has 1 rings (SSSR count). The van der Waals surface area contributed by atoms with Crippen molar-refractivity contribution in [3.8, 4) is 0 Å². The quantitative estimate of drug-likeness (QED) is 0.615. The number of ether oxygens (including phenoxy) is 1. The molecule has 1 atom stereocenters. The Labute approximate surface area is 123 Å². The summed E-state index contributed by atoms with van der Waals surface area (Å²) in [5, 5.41) is 9.65. The molecule has 0 aliphatic rings. The highest BCUT2D eigenvalue weighted by molar-refractivity contribution is 6.42. The Morgan fingerprint density at radius 3 is 2.58 bits per heavy atom. The second-order valence-corrected chi connectivity index (χ2v) is 5.14. The van der Waals surface area contributed by atoms with Crippen LogP contribution >= 0.6 is 23.2 Å². The van der Waals surface area contributed by atoms with Crippen LogP contribution in [0.2, 0.25) is 10.0 Å². The fourth-order valence-corrected chi connectivity index (χ4v) is 2.24. The molecule has 3 nitrogen and oxygen atoms in total. The van der Waals surface area contributed by atoms with Crippen LogP contribution in [-0.4, -0.2) is 24.8 Å². The predicted molar refractivity (Wildman–Crippen MR) is 76.8 cm³/mol. The first-order valence-electron chi connectivity index (χ1n) is 6.23. The summed E-state index contributed by atoms with van der Waals surface area (Å²) in [6.45, 7) is 0.176. The molecule has 0 fully saturated rings. The van der Waals surface area contributed by atoms with Gasteiger partial charge in [0.15, 0.2) is 0 Å². The molecular formula is C14H18Cl2O3. The molecule has 1 unspecified atom stereocenters. The number of carbonyl (C=O) groups is 1. The number of aliphatic hydroxyl groups is 1. The van der Waals surface area contributed by atoms with Gasteiger partial charge in [0.1, 0.15) is 0 Å². The van der Waals surface area contributed by atoms with Crippen LogP contribution in [0.5, 0.6) is 0 Å². The lowest BCUT2D eigenvalue weighted by atomic mass is 9.93. The molecule has 1 aromatic carbocycles. The molecule has 5 heteroatoms. The van der Waals surface area contributed by atoms with Crippen molar-refractivity contribution in [2.75, 3.05) is 13.7 Å². The Balaban J connectivity index is 2.78. The molecule has 1 N–H and O–H groups in total. The Kier molecular flexibility index (Phi) is 7.21. The van der Waals surface area contributed by atoms with E-state index in [0.29, 0.717) is 16.5 Å². The molecule has 0 bridgehead atoms. The molecule has 0 aliphatic carbocycles. The number of esters is 1. The lowest BCUT2D eigenvalue weighted by Gasteiger charge is -2.15. The minimum atomic E-state index is -0.335. The van der Waals surface area contributed by atoms with Crippen LogP contribution in [0.1, 0.15) is 37.2 Å². The van der Waals surface area contributed by atoms with E-state index in [1.807, 2.05) is 0 Å². The highest BCUT2D eigenvalue weighted by Crippen LogP contribution is 2.30. The summed E-state index contributed by atoms with van der Waals surface area (Å²) in [6.07, 6.45) is 3.14. The monoisotopic (exact) mass is 304 g/mol. The van der Waals surface area contributed by atoms with Crippen LogP contribution < -0.4 is 0 Å². The molecule has 0 amide bonds. The second kappa shape index (κ2) is 8.41. The number of rotatable bonds is 7. The third-order valence-electron chi connectivity index (χ3n) is 2.98. The van der Waals surface area contributed by atoms with Gasteiger partial charge in [-0.05, 0) is 30.5 Å². The van der Waals surface area contributed by atoms with Crippen LogP contribution in [0.4, 0.5) is 0 Å². The highest BCUT2D eigenvalue weighted by Gasteiger charge is 2.21. The van der Waals surface area contributed by atoms with Crippen LogP contribution in [0.15, 0.2) is 18.2 Å². The zero-order valence-electron chi connectivity index (χ0n) is 10.9. The van der Waals surface area contributed by atoms with Crippen molar-refractivity contribution in [3.63, 3.8) is 0 Å². The van der Waals surface area contributed by atoms with Crippen molar-refractivity contribution in [3.05, 3.63) is 33.8 Å². The van der Waals surface area contributed by atoms with Crippen LogP contribution in [0, 0.1) is 0 Å². The average Bonchev–Trinajstić information content (AvgIpc) is 2.41. The molecule has 0 saturated carbocycles. The van der Waals surface area contributed by atoms with E-state index in [4.69, 9.17) is 33.0 Å². The number of halogens is 2. The number of methoxy groups -OCH3 is 1. The summed E-state index contributed by atoms with van der Waals surface area (Å²) in [6, 6.07) is 5.18. The van der Waals surface area contributed by atoms with Gasteiger partial charge in [-0.2, -0.15) is 0 Å². The number of benzene rings is 1. The summed E-state index contributed by atoms with van der Waals surface area (Å²) in [4.78, 5) is 11.8. The van der Waals surface area contributed by atoms with Gasteiger partial charge in [0.05, 0.1) is 23.1 Å². The molecule has 0 aliphatic heterocycles. The number of aliphatic hydroxyl groups excluding tert-OH is 1. The van der Waals surface area contributed by atoms with Crippen LogP contribution in [-0.2, 0) is 9.53 Å². The van der Waals surface area contributed by atoms with E-state index < -0.39 is 0 Å². The Hall–Kier alpha value is -0.770. The van der Waals surface area contributed by atoms with Crippen molar-refractivity contribution in [1.29, 1.82) is 0 Å². The van der Waals surface area contributed by atoms with Gasteiger partial charge < -0.3 is 9.84 Å². The zero-order valence-corrected chi connectivity index (χ0v) is 12.4. The first kappa shape index (κ1) is 16.3. The smallest absolute Gasteiger partial charge is 0.313 e. The molecule has 106 valence electrons. The average molecular weight is 305 g/mol. The lowest BCUT2D eigenvalue weighted by Crippen LogP contribution is -2.14. The first-order valence-corrected chi connectivity index (χ1v) is 6.99. The molecule has 19 heavy (non-hydrogen) atoms. The molecule has 0 aromatic heterocycles. The Morgan fingerprint density at radius 1 is 1.26 bits per heavy atom. The fraction of sp³-hybridized carbons (Fsp3) is 0.500. The first-order chi connectivity index (χ1) is 9.10. The molecule has 0 saturated heterocycles. The number of carbonyl (C=O) groups excluding carboxylic acids is 1. The van der Waals surface area contributed by atoms with E-state index >= 15 is 0 Å². The van der Waals surface area contributed by atoms with E-state index in [2.05, 4.69) is 0 Å². The SMILES string of the molecule is COC(=O)C(CCCCCO)c1ccc(Cl)c(Cl)c1. The van der Waals surface area contributed by atoms with Gasteiger partial charge in [0.2, 0.25) is 0 Å². The van der Waals surface area contributed by atoms with Gasteiger partial charge >= 0.3 is 5.97 Å². The van der Waals surface area contributed by atoms with Crippen LogP contribution in [0.25, 0.3) is 0 Å². The van der Waals surface area contributed by atoms with Crippen molar-refractivity contribution < 1.29 is 14.6 Å². The maximum absolute atomic E-state index is 11.8. The molecular weight excluding hydrogens is 287 g/mol. The second-order valence-electron chi connectivity index (χ2n) is 4.32. The minimum Gasteiger partial charge on any atom is -0.469 e. The molecule has 0 heterocycles. The maximum Gasteiger partial charge on any atom is 0.313 e. The lowest BCUT2D eigenvalue weighted by molar-refractivity contribution is -0.142. The summed E-state index contributed by atoms with van der Waals surface area (Å²) in [5.41, 5.74) is 0.810. The molecule has 0 spiro atoms. The number of hydrogen-bond donors (Lipinski definition) is 1. The number of hydrogen-bond acceptors (Lipinski definition) is 3. The molecule has 1 aromatic rings. The van der Waals surface area contributed by atoms with Crippen molar-refractivity contribution in [2.24, 2.45) is 0 Å². The van der Waals surface area contributed by atoms with E-state index in [1.165, 1.54) is 7.11 Å². The van der Waals surface area contributed by atoms with Gasteiger partial charge in [-0.1, -0.05) is 42.1 Å². The van der Waals surface area contributed by atoms with Crippen molar-refractivity contribution in [2.45, 2.75) is 31.6 Å². The highest BCUT2D eigenvalue weighted by atomic mass is 35.5. The van der Waals surface area contributed by atoms with E-state index in [9.17, 15) is 4.79 Å². The normalized spacial score (nSPS) is 12.2. The zero-order chi connectivity index (χ0) is 14.3. The van der Waals surface area contributed by atoms with Gasteiger partial charge in [0.25, 0.3) is 0 Å². The van der Waals surface area contributed by atoms with Gasteiger partial charge in [-0.3, -0.25) is 4.79 Å². The van der Waals surface area contributed by atoms with E-state index in [0.717, 1.165) is 24.8 Å². The third kappa shape index (κ3) is 5.01. The third-order valence-corrected chi connectivity index (χ3v) is 3.72.